The van der Waals surface area contributed by atoms with E-state index in [2.05, 4.69) is 71.7 Å². The van der Waals surface area contributed by atoms with Crippen LogP contribution in [0.15, 0.2) is 53.3 Å². The highest BCUT2D eigenvalue weighted by Crippen LogP contribution is 2.30. The lowest BCUT2D eigenvalue weighted by atomic mass is 9.98. The van der Waals surface area contributed by atoms with Crippen molar-refractivity contribution in [2.45, 2.75) is 78.3 Å². The Morgan fingerprint density at radius 3 is 2.37 bits per heavy atom. The van der Waals surface area contributed by atoms with Crippen LogP contribution in [0, 0.1) is 0 Å². The Labute approximate surface area is 206 Å². The number of unbranched alkanes of at least 4 members (excludes halogenated alkanes) is 4. The Morgan fingerprint density at radius 2 is 1.69 bits per heavy atom. The Kier molecular flexibility index (Phi) is 8.23. The maximum Gasteiger partial charge on any atom is 0.346 e. The van der Waals surface area contributed by atoms with Crippen LogP contribution in [-0.4, -0.2) is 35.0 Å². The van der Waals surface area contributed by atoms with Gasteiger partial charge < -0.3 is 0 Å². The zero-order valence-electron chi connectivity index (χ0n) is 20.9. The fraction of sp³-hybridized carbons (Fsp3) is 0.444. The van der Waals surface area contributed by atoms with Gasteiger partial charge in [0, 0.05) is 18.0 Å². The van der Waals surface area contributed by atoms with Crippen molar-refractivity contribution in [1.29, 1.82) is 0 Å². The van der Waals surface area contributed by atoms with Crippen molar-refractivity contribution in [2.24, 2.45) is 0 Å². The molecule has 1 atom stereocenters. The minimum absolute atomic E-state index is 0.0111. The van der Waals surface area contributed by atoms with E-state index in [1.165, 1.54) is 19.3 Å². The van der Waals surface area contributed by atoms with E-state index in [-0.39, 0.29) is 11.6 Å². The second-order valence-corrected chi connectivity index (χ2v) is 9.17. The molecule has 0 saturated carbocycles. The number of benzene rings is 2. The Balaban J connectivity index is 1.55. The Morgan fingerprint density at radius 1 is 0.943 bits per heavy atom. The van der Waals surface area contributed by atoms with Crippen molar-refractivity contribution in [3.8, 4) is 22.5 Å². The predicted octanol–water partition coefficient (Wildman–Crippen LogP) is 5.42. The van der Waals surface area contributed by atoms with Crippen LogP contribution in [0.2, 0.25) is 0 Å². The molecule has 1 unspecified atom stereocenters. The van der Waals surface area contributed by atoms with Crippen LogP contribution in [0.4, 0.5) is 0 Å². The van der Waals surface area contributed by atoms with Crippen molar-refractivity contribution < 1.29 is 0 Å². The Bertz CT molecular complexity index is 1260. The molecule has 0 radical (unpaired) electrons. The third kappa shape index (κ3) is 5.75. The number of aryl methyl sites for hydroxylation is 1. The second kappa shape index (κ2) is 11.7. The first kappa shape index (κ1) is 24.6. The van der Waals surface area contributed by atoms with E-state index in [1.807, 2.05) is 22.8 Å². The number of hydrogen-bond donors (Lipinski definition) is 1. The monoisotopic (exact) mass is 473 g/mol. The van der Waals surface area contributed by atoms with E-state index < -0.39 is 0 Å². The highest BCUT2D eigenvalue weighted by molar-refractivity contribution is 5.80. The Hall–Kier alpha value is -3.55. The van der Waals surface area contributed by atoms with Crippen molar-refractivity contribution in [3.63, 3.8) is 0 Å². The highest BCUT2D eigenvalue weighted by Gasteiger charge is 2.18. The predicted molar refractivity (Wildman–Crippen MR) is 138 cm³/mol. The molecule has 2 aromatic carbocycles. The summed E-state index contributed by atoms with van der Waals surface area (Å²) >= 11 is 0. The summed E-state index contributed by atoms with van der Waals surface area (Å²) in [6.07, 6.45) is 6.75. The number of nitrogens with zero attached hydrogens (tertiary/aromatic N) is 6. The average molecular weight is 474 g/mol. The minimum atomic E-state index is -0.0111. The SMILES string of the molecule is CCCCCCCn1nc(C(C)CC)n(Cc2ccc(-c3ccccc3-c3nnn[nH]3)cc2)c1=O. The molecule has 8 nitrogen and oxygen atoms in total. The molecule has 4 aromatic rings. The van der Waals surface area contributed by atoms with Gasteiger partial charge in [-0.05, 0) is 40.0 Å². The first-order valence-electron chi connectivity index (χ1n) is 12.7. The number of aromatic nitrogens is 7. The number of tetrazole rings is 1. The van der Waals surface area contributed by atoms with Gasteiger partial charge in [-0.3, -0.25) is 4.57 Å². The van der Waals surface area contributed by atoms with Gasteiger partial charge in [0.1, 0.15) is 5.82 Å². The first-order chi connectivity index (χ1) is 17.1. The van der Waals surface area contributed by atoms with E-state index in [0.717, 1.165) is 47.3 Å². The van der Waals surface area contributed by atoms with Gasteiger partial charge >= 0.3 is 5.69 Å². The van der Waals surface area contributed by atoms with Gasteiger partial charge in [-0.15, -0.1) is 5.10 Å². The van der Waals surface area contributed by atoms with Crippen molar-refractivity contribution in [3.05, 3.63) is 70.4 Å². The number of nitrogens with one attached hydrogen (secondary N) is 1. The number of H-pyrrole nitrogens is 1. The van der Waals surface area contributed by atoms with Gasteiger partial charge in [0.05, 0.1) is 6.54 Å². The van der Waals surface area contributed by atoms with Gasteiger partial charge in [-0.25, -0.2) is 14.6 Å². The van der Waals surface area contributed by atoms with Gasteiger partial charge in [-0.2, -0.15) is 5.10 Å². The summed E-state index contributed by atoms with van der Waals surface area (Å²) in [5.41, 5.74) is 4.12. The molecule has 0 aliphatic heterocycles. The third-order valence-electron chi connectivity index (χ3n) is 6.61. The highest BCUT2D eigenvalue weighted by atomic mass is 16.2. The van der Waals surface area contributed by atoms with Crippen molar-refractivity contribution in [2.75, 3.05) is 0 Å². The number of hydrogen-bond acceptors (Lipinski definition) is 5. The zero-order chi connectivity index (χ0) is 24.6. The lowest BCUT2D eigenvalue weighted by Crippen LogP contribution is -2.26. The van der Waals surface area contributed by atoms with E-state index >= 15 is 0 Å². The summed E-state index contributed by atoms with van der Waals surface area (Å²) in [5.74, 6) is 1.74. The third-order valence-corrected chi connectivity index (χ3v) is 6.61. The van der Waals surface area contributed by atoms with Crippen LogP contribution in [-0.2, 0) is 13.1 Å². The van der Waals surface area contributed by atoms with E-state index in [0.29, 0.717) is 18.9 Å². The summed E-state index contributed by atoms with van der Waals surface area (Å²) in [4.78, 5) is 13.2. The van der Waals surface area contributed by atoms with E-state index in [1.54, 1.807) is 4.68 Å². The van der Waals surface area contributed by atoms with Crippen LogP contribution < -0.4 is 5.69 Å². The molecular formula is C27H35N7O. The van der Waals surface area contributed by atoms with Crippen LogP contribution in [0.3, 0.4) is 0 Å². The molecule has 0 fully saturated rings. The van der Waals surface area contributed by atoms with Gasteiger partial charge in [0.15, 0.2) is 5.82 Å². The van der Waals surface area contributed by atoms with Crippen molar-refractivity contribution in [1.82, 2.24) is 35.0 Å². The molecule has 0 amide bonds. The quantitative estimate of drug-likeness (QED) is 0.277. The van der Waals surface area contributed by atoms with Crippen LogP contribution in [0.1, 0.15) is 76.6 Å². The smallest absolute Gasteiger partial charge is 0.274 e. The first-order valence-corrected chi connectivity index (χ1v) is 12.7. The molecule has 1 N–H and O–H groups in total. The molecule has 0 aliphatic carbocycles. The summed E-state index contributed by atoms with van der Waals surface area (Å²) in [7, 11) is 0. The lowest BCUT2D eigenvalue weighted by Gasteiger charge is -2.11. The number of rotatable bonds is 12. The largest absolute Gasteiger partial charge is 0.346 e. The molecular weight excluding hydrogens is 438 g/mol. The molecule has 0 bridgehead atoms. The van der Waals surface area contributed by atoms with Gasteiger partial charge in [0.25, 0.3) is 0 Å². The number of aromatic amines is 1. The molecule has 2 aromatic heterocycles. The summed E-state index contributed by atoms with van der Waals surface area (Å²) in [5, 5.41) is 19.1. The standard InChI is InChI=1S/C27H35N7O/c1-4-6-7-8-11-18-34-27(35)33(26(30-34)20(3)5-2)19-21-14-16-22(17-15-21)23-12-9-10-13-24(23)25-28-31-32-29-25/h9-10,12-17,20H,4-8,11,18-19H2,1-3H3,(H,28,29,31,32). The van der Waals surface area contributed by atoms with E-state index in [9.17, 15) is 4.79 Å². The van der Waals surface area contributed by atoms with Crippen LogP contribution in [0.5, 0.6) is 0 Å². The molecule has 2 heterocycles. The molecule has 0 aliphatic rings. The van der Waals surface area contributed by atoms with Crippen LogP contribution >= 0.6 is 0 Å². The molecule has 184 valence electrons. The summed E-state index contributed by atoms with van der Waals surface area (Å²) < 4.78 is 3.52. The fourth-order valence-corrected chi connectivity index (χ4v) is 4.35. The maximum absolute atomic E-state index is 13.2. The molecule has 4 rings (SSSR count). The summed E-state index contributed by atoms with van der Waals surface area (Å²) in [6, 6.07) is 16.4. The van der Waals surface area contributed by atoms with Crippen molar-refractivity contribution >= 4 is 0 Å². The van der Waals surface area contributed by atoms with Gasteiger partial charge in [0.2, 0.25) is 0 Å². The summed E-state index contributed by atoms with van der Waals surface area (Å²) in [6.45, 7) is 7.69. The zero-order valence-corrected chi connectivity index (χ0v) is 20.9. The fourth-order valence-electron chi connectivity index (χ4n) is 4.35. The second-order valence-electron chi connectivity index (χ2n) is 9.17. The van der Waals surface area contributed by atoms with Crippen LogP contribution in [0.25, 0.3) is 22.5 Å². The van der Waals surface area contributed by atoms with Gasteiger partial charge in [-0.1, -0.05) is 95.0 Å². The van der Waals surface area contributed by atoms with E-state index in [4.69, 9.17) is 5.10 Å². The molecule has 0 spiro atoms. The normalized spacial score (nSPS) is 12.2. The lowest BCUT2D eigenvalue weighted by molar-refractivity contribution is 0.513. The average Bonchev–Trinajstić information content (AvgIpc) is 3.53. The topological polar surface area (TPSA) is 94.3 Å². The molecule has 35 heavy (non-hydrogen) atoms. The molecule has 8 heteroatoms. The molecule has 0 saturated heterocycles. The maximum atomic E-state index is 13.2. The minimum Gasteiger partial charge on any atom is -0.274 e.